The first-order chi connectivity index (χ1) is 13.6. The maximum Gasteiger partial charge on any atom is 0.240 e. The number of anilines is 1. The van der Waals surface area contributed by atoms with Crippen LogP contribution in [0.5, 0.6) is 0 Å². The number of nitrogens with one attached hydrogen (secondary N) is 2. The summed E-state index contributed by atoms with van der Waals surface area (Å²) in [5.74, 6) is -0.241. The fourth-order valence-corrected chi connectivity index (χ4v) is 3.59. The predicted octanol–water partition coefficient (Wildman–Crippen LogP) is 2.51. The topological polar surface area (TPSA) is 82.3 Å². The van der Waals surface area contributed by atoms with E-state index in [0.717, 1.165) is 35.2 Å². The summed E-state index contributed by atoms with van der Waals surface area (Å²) in [7, 11) is 0. The molecule has 1 aliphatic heterocycles. The number of aromatic amines is 1. The number of H-pyrrole nitrogens is 1. The van der Waals surface area contributed by atoms with Crippen LogP contribution in [0.3, 0.4) is 0 Å². The van der Waals surface area contributed by atoms with E-state index in [0.29, 0.717) is 18.4 Å². The van der Waals surface area contributed by atoms with Gasteiger partial charge in [-0.25, -0.2) is 0 Å². The Bertz CT molecular complexity index is 1100. The quantitative estimate of drug-likeness (QED) is 0.735. The van der Waals surface area contributed by atoms with E-state index in [-0.39, 0.29) is 23.8 Å². The Kier molecular flexibility index (Phi) is 4.93. The number of rotatable bonds is 4. The van der Waals surface area contributed by atoms with Gasteiger partial charge >= 0.3 is 0 Å². The van der Waals surface area contributed by atoms with Crippen LogP contribution >= 0.6 is 0 Å². The third-order valence-corrected chi connectivity index (χ3v) is 5.03. The van der Waals surface area contributed by atoms with Crippen molar-refractivity contribution in [2.75, 3.05) is 11.4 Å². The lowest BCUT2D eigenvalue weighted by Crippen LogP contribution is -2.40. The van der Waals surface area contributed by atoms with Crippen molar-refractivity contribution in [1.82, 2.24) is 10.3 Å². The molecule has 0 radical (unpaired) electrons. The molecule has 3 aromatic rings. The highest BCUT2D eigenvalue weighted by atomic mass is 16.2. The Balaban J connectivity index is 1.46. The second kappa shape index (κ2) is 7.68. The molecule has 2 heterocycles. The predicted molar refractivity (Wildman–Crippen MR) is 108 cm³/mol. The molecule has 1 aromatic heterocycles. The normalized spacial score (nSPS) is 13.9. The van der Waals surface area contributed by atoms with Crippen LogP contribution in [0.4, 0.5) is 5.69 Å². The summed E-state index contributed by atoms with van der Waals surface area (Å²) in [6.07, 6.45) is 3.69. The molecule has 0 fully saturated rings. The van der Waals surface area contributed by atoms with Crippen molar-refractivity contribution in [2.45, 2.75) is 25.8 Å². The second-order valence-electron chi connectivity index (χ2n) is 6.96. The van der Waals surface area contributed by atoms with E-state index in [9.17, 15) is 14.4 Å². The van der Waals surface area contributed by atoms with Crippen LogP contribution in [0.25, 0.3) is 10.9 Å². The number of pyridine rings is 1. The number of fused-ring (bicyclic) bond motifs is 2. The second-order valence-corrected chi connectivity index (χ2v) is 6.96. The highest BCUT2D eigenvalue weighted by Gasteiger charge is 2.23. The molecule has 0 spiro atoms. The fourth-order valence-electron chi connectivity index (χ4n) is 3.59. The van der Waals surface area contributed by atoms with Crippen LogP contribution in [0.15, 0.2) is 59.5 Å². The van der Waals surface area contributed by atoms with E-state index < -0.39 is 0 Å². The van der Waals surface area contributed by atoms with Crippen LogP contribution in [-0.4, -0.2) is 23.3 Å². The van der Waals surface area contributed by atoms with Crippen LogP contribution < -0.4 is 15.6 Å². The number of hydrogen-bond donors (Lipinski definition) is 2. The summed E-state index contributed by atoms with van der Waals surface area (Å²) in [5, 5.41) is 3.49. The molecule has 6 nitrogen and oxygen atoms in total. The van der Waals surface area contributed by atoms with E-state index >= 15 is 0 Å². The first-order valence-corrected chi connectivity index (χ1v) is 9.37. The maximum absolute atomic E-state index is 12.5. The molecule has 28 heavy (non-hydrogen) atoms. The van der Waals surface area contributed by atoms with E-state index in [4.69, 9.17) is 0 Å². The van der Waals surface area contributed by atoms with Gasteiger partial charge in [0.1, 0.15) is 6.54 Å². The average Bonchev–Trinajstić information content (AvgIpc) is 2.86. The zero-order chi connectivity index (χ0) is 19.5. The Morgan fingerprint density at radius 1 is 1.07 bits per heavy atom. The molecular weight excluding hydrogens is 354 g/mol. The number of nitrogens with zero attached hydrogens (tertiary/aromatic N) is 1. The first-order valence-electron chi connectivity index (χ1n) is 9.37. The molecule has 4 rings (SSSR count). The lowest BCUT2D eigenvalue weighted by Gasteiger charge is -2.22. The number of para-hydroxylation sites is 1. The van der Waals surface area contributed by atoms with Crippen molar-refractivity contribution >= 4 is 28.4 Å². The van der Waals surface area contributed by atoms with Crippen LogP contribution in [0, 0.1) is 0 Å². The number of aryl methyl sites for hydroxylation is 1. The van der Waals surface area contributed by atoms with E-state index in [1.807, 2.05) is 36.4 Å². The Morgan fingerprint density at radius 2 is 1.93 bits per heavy atom. The molecule has 2 aromatic carbocycles. The maximum atomic E-state index is 12.5. The van der Waals surface area contributed by atoms with Crippen LogP contribution in [0.1, 0.15) is 24.0 Å². The monoisotopic (exact) mass is 375 g/mol. The third-order valence-electron chi connectivity index (χ3n) is 5.03. The van der Waals surface area contributed by atoms with Gasteiger partial charge in [0.15, 0.2) is 5.43 Å². The minimum Gasteiger partial charge on any atom is -0.361 e. The molecule has 6 heteroatoms. The molecule has 142 valence electrons. The van der Waals surface area contributed by atoms with Gasteiger partial charge in [-0.2, -0.15) is 0 Å². The minimum atomic E-state index is -0.216. The standard InChI is InChI=1S/C22H21N3O3/c26-20-10-11-23-18-12-15(8-9-17(18)20)13-24-21(27)14-25-19-6-2-1-4-16(19)5-3-7-22(25)28/h1-2,4,6,8-12H,3,5,7,13-14H2,(H,23,26)(H,24,27). The van der Waals surface area contributed by atoms with Gasteiger partial charge in [0.2, 0.25) is 11.8 Å². The Labute approximate surface area is 162 Å². The molecule has 2 amide bonds. The SMILES string of the molecule is O=C(CN1C(=O)CCCc2ccccc21)NCc1ccc2c(=O)cc[nH]c2c1. The molecule has 0 unspecified atom stereocenters. The largest absolute Gasteiger partial charge is 0.361 e. The Morgan fingerprint density at radius 3 is 2.82 bits per heavy atom. The van der Waals surface area contributed by atoms with E-state index in [2.05, 4.69) is 10.3 Å². The highest BCUT2D eigenvalue weighted by molar-refractivity contribution is 5.99. The van der Waals surface area contributed by atoms with Crippen LogP contribution in [-0.2, 0) is 22.6 Å². The summed E-state index contributed by atoms with van der Waals surface area (Å²) in [4.78, 5) is 41.4. The fraction of sp³-hybridized carbons (Fsp3) is 0.227. The van der Waals surface area contributed by atoms with Gasteiger partial charge in [0, 0.05) is 41.8 Å². The number of carbonyl (C=O) groups excluding carboxylic acids is 2. The summed E-state index contributed by atoms with van der Waals surface area (Å²) < 4.78 is 0. The number of aromatic nitrogens is 1. The lowest BCUT2D eigenvalue weighted by atomic mass is 10.1. The highest BCUT2D eigenvalue weighted by Crippen LogP contribution is 2.26. The molecule has 0 aliphatic carbocycles. The number of benzene rings is 2. The molecule has 0 bridgehead atoms. The van der Waals surface area contributed by atoms with Gasteiger partial charge in [-0.1, -0.05) is 24.3 Å². The smallest absolute Gasteiger partial charge is 0.240 e. The summed E-state index contributed by atoms with van der Waals surface area (Å²) in [6.45, 7) is 0.329. The first kappa shape index (κ1) is 18.0. The van der Waals surface area contributed by atoms with Crippen molar-refractivity contribution in [2.24, 2.45) is 0 Å². The van der Waals surface area contributed by atoms with E-state index in [1.54, 1.807) is 17.2 Å². The average molecular weight is 375 g/mol. The lowest BCUT2D eigenvalue weighted by molar-refractivity contribution is -0.123. The molecule has 0 saturated carbocycles. The van der Waals surface area contributed by atoms with Crippen molar-refractivity contribution in [3.05, 3.63) is 76.1 Å². The molecule has 0 saturated heterocycles. The van der Waals surface area contributed by atoms with Gasteiger partial charge in [-0.15, -0.1) is 0 Å². The van der Waals surface area contributed by atoms with Crippen molar-refractivity contribution in [3.8, 4) is 0 Å². The number of amides is 2. The number of carbonyl (C=O) groups is 2. The summed E-state index contributed by atoms with van der Waals surface area (Å²) >= 11 is 0. The number of hydrogen-bond acceptors (Lipinski definition) is 3. The van der Waals surface area contributed by atoms with Crippen molar-refractivity contribution in [3.63, 3.8) is 0 Å². The molecule has 1 aliphatic rings. The molecule has 2 N–H and O–H groups in total. The van der Waals surface area contributed by atoms with Gasteiger partial charge < -0.3 is 15.2 Å². The van der Waals surface area contributed by atoms with Crippen molar-refractivity contribution in [1.29, 1.82) is 0 Å². The Hall–Kier alpha value is -3.41. The van der Waals surface area contributed by atoms with Crippen LogP contribution in [0.2, 0.25) is 0 Å². The van der Waals surface area contributed by atoms with Gasteiger partial charge in [0.25, 0.3) is 0 Å². The summed E-state index contributed by atoms with van der Waals surface area (Å²) in [5.41, 5.74) is 3.49. The van der Waals surface area contributed by atoms with Gasteiger partial charge in [0.05, 0.1) is 0 Å². The van der Waals surface area contributed by atoms with Gasteiger partial charge in [-0.05, 0) is 42.2 Å². The zero-order valence-corrected chi connectivity index (χ0v) is 15.4. The van der Waals surface area contributed by atoms with E-state index in [1.165, 1.54) is 6.07 Å². The summed E-state index contributed by atoms with van der Waals surface area (Å²) in [6, 6.07) is 14.7. The van der Waals surface area contributed by atoms with Crippen molar-refractivity contribution < 1.29 is 9.59 Å². The molecule has 0 atom stereocenters. The zero-order valence-electron chi connectivity index (χ0n) is 15.4. The minimum absolute atomic E-state index is 0.000259. The van der Waals surface area contributed by atoms with Gasteiger partial charge in [-0.3, -0.25) is 14.4 Å². The molecular formula is C22H21N3O3. The third kappa shape index (κ3) is 3.67.